The van der Waals surface area contributed by atoms with E-state index >= 15 is 0 Å². The molecule has 10 heavy (non-hydrogen) atoms. The maximum Gasteiger partial charge on any atom is 0.0709 e. The highest BCUT2D eigenvalue weighted by Gasteiger charge is 2.00. The molecule has 0 amide bonds. The van der Waals surface area contributed by atoms with Crippen molar-refractivity contribution in [3.8, 4) is 0 Å². The lowest BCUT2D eigenvalue weighted by Gasteiger charge is -2.20. The van der Waals surface area contributed by atoms with Gasteiger partial charge in [0.1, 0.15) is 0 Å². The van der Waals surface area contributed by atoms with Gasteiger partial charge in [0.2, 0.25) is 0 Å². The highest BCUT2D eigenvalue weighted by atomic mass is 32.1. The van der Waals surface area contributed by atoms with Crippen LogP contribution in [0.5, 0.6) is 0 Å². The van der Waals surface area contributed by atoms with Gasteiger partial charge in [-0.1, -0.05) is 19.7 Å². The van der Waals surface area contributed by atoms with E-state index in [2.05, 4.69) is 23.6 Å². The molecule has 0 rings (SSSR count). The van der Waals surface area contributed by atoms with Crippen LogP contribution in [0, 0.1) is 0 Å². The summed E-state index contributed by atoms with van der Waals surface area (Å²) in [6.07, 6.45) is 0.214. The number of rotatable bonds is 5. The molecule has 0 aliphatic rings. The van der Waals surface area contributed by atoms with E-state index in [1.165, 1.54) is 4.41 Å². The maximum absolute atomic E-state index is 5.28. The van der Waals surface area contributed by atoms with Gasteiger partial charge in [0.25, 0.3) is 0 Å². The number of hydrogen-bond donors (Lipinski definition) is 4. The molecular weight excluding hydrogens is 148 g/mol. The predicted octanol–water partition coefficient (Wildman–Crippen LogP) is -0.490. The van der Waals surface area contributed by atoms with Gasteiger partial charge in [-0.25, -0.2) is 5.43 Å². The zero-order valence-corrected chi connectivity index (χ0v) is 7.36. The second-order valence-corrected chi connectivity index (χ2v) is 2.47. The summed E-state index contributed by atoms with van der Waals surface area (Å²) < 4.78 is 1.54. The summed E-state index contributed by atoms with van der Waals surface area (Å²) >= 11 is 4.02. The molecule has 0 heterocycles. The molecule has 0 radical (unpaired) electrons. The van der Waals surface area contributed by atoms with E-state index in [9.17, 15) is 0 Å². The third kappa shape index (κ3) is 5.01. The molecule has 0 aromatic carbocycles. The standard InChI is InChI=1S/C5H16N4S/c1-3-7-5(2)8-9(10)4-6/h5,7-8,10H,3-4,6H2,1-2H3. The van der Waals surface area contributed by atoms with E-state index in [-0.39, 0.29) is 6.17 Å². The van der Waals surface area contributed by atoms with Crippen molar-refractivity contribution < 1.29 is 0 Å². The van der Waals surface area contributed by atoms with Gasteiger partial charge >= 0.3 is 0 Å². The summed E-state index contributed by atoms with van der Waals surface area (Å²) in [4.78, 5) is 0. The van der Waals surface area contributed by atoms with Crippen molar-refractivity contribution in [2.24, 2.45) is 5.73 Å². The van der Waals surface area contributed by atoms with Crippen molar-refractivity contribution >= 4 is 12.8 Å². The van der Waals surface area contributed by atoms with Crippen LogP contribution < -0.4 is 16.5 Å². The third-order valence-electron chi connectivity index (χ3n) is 1.03. The van der Waals surface area contributed by atoms with Crippen molar-refractivity contribution in [3.63, 3.8) is 0 Å². The second-order valence-electron chi connectivity index (χ2n) is 1.99. The van der Waals surface area contributed by atoms with Gasteiger partial charge in [0.05, 0.1) is 12.8 Å². The number of nitrogens with zero attached hydrogens (tertiary/aromatic N) is 1. The van der Waals surface area contributed by atoms with Crippen LogP contribution in [0.15, 0.2) is 0 Å². The Kier molecular flexibility index (Phi) is 6.05. The maximum atomic E-state index is 5.28. The van der Waals surface area contributed by atoms with E-state index in [0.717, 1.165) is 6.54 Å². The molecule has 4 N–H and O–H groups in total. The largest absolute Gasteiger partial charge is 0.316 e. The fourth-order valence-electron chi connectivity index (χ4n) is 0.628. The Balaban J connectivity index is 3.27. The average Bonchev–Trinajstić information content (AvgIpc) is 1.88. The van der Waals surface area contributed by atoms with E-state index in [4.69, 9.17) is 5.73 Å². The SMILES string of the molecule is CCNC(C)NN(S)CN. The number of nitrogens with one attached hydrogen (secondary N) is 2. The van der Waals surface area contributed by atoms with Crippen molar-refractivity contribution in [2.75, 3.05) is 13.2 Å². The number of hydrazine groups is 1. The van der Waals surface area contributed by atoms with Gasteiger partial charge in [-0.3, -0.25) is 0 Å². The zero-order chi connectivity index (χ0) is 7.98. The molecule has 0 bridgehead atoms. The molecule has 1 unspecified atom stereocenters. The van der Waals surface area contributed by atoms with E-state index in [0.29, 0.717) is 6.67 Å². The lowest BCUT2D eigenvalue weighted by molar-refractivity contribution is 0.287. The Labute approximate surface area is 67.7 Å². The molecule has 0 aliphatic heterocycles. The van der Waals surface area contributed by atoms with Gasteiger partial charge in [0.15, 0.2) is 0 Å². The minimum Gasteiger partial charge on any atom is -0.316 e. The monoisotopic (exact) mass is 164 g/mol. The van der Waals surface area contributed by atoms with E-state index < -0.39 is 0 Å². The minimum atomic E-state index is 0.214. The van der Waals surface area contributed by atoms with Gasteiger partial charge in [-0.05, 0) is 13.5 Å². The van der Waals surface area contributed by atoms with Crippen LogP contribution in [-0.4, -0.2) is 23.8 Å². The van der Waals surface area contributed by atoms with Crippen LogP contribution in [0.3, 0.4) is 0 Å². The number of hydrogen-bond acceptors (Lipinski definition) is 5. The Morgan fingerprint density at radius 2 is 2.30 bits per heavy atom. The molecule has 5 heteroatoms. The van der Waals surface area contributed by atoms with Crippen molar-refractivity contribution in [2.45, 2.75) is 20.0 Å². The summed E-state index contributed by atoms with van der Waals surface area (Å²) in [6, 6.07) is 0. The summed E-state index contributed by atoms with van der Waals surface area (Å²) in [5, 5.41) is 3.15. The normalized spacial score (nSPS) is 14.1. The molecule has 0 saturated heterocycles. The molecule has 1 atom stereocenters. The van der Waals surface area contributed by atoms with Gasteiger partial charge in [-0.15, -0.1) is 0 Å². The van der Waals surface area contributed by atoms with E-state index in [1.807, 2.05) is 13.8 Å². The molecule has 0 saturated carbocycles. The smallest absolute Gasteiger partial charge is 0.0709 e. The van der Waals surface area contributed by atoms with Crippen LogP contribution in [0.1, 0.15) is 13.8 Å². The van der Waals surface area contributed by atoms with Gasteiger partial charge in [-0.2, -0.15) is 4.41 Å². The van der Waals surface area contributed by atoms with E-state index in [1.54, 1.807) is 0 Å². The first kappa shape index (κ1) is 10.2. The average molecular weight is 164 g/mol. The zero-order valence-electron chi connectivity index (χ0n) is 6.46. The van der Waals surface area contributed by atoms with Gasteiger partial charge in [0, 0.05) is 0 Å². The molecule has 0 fully saturated rings. The van der Waals surface area contributed by atoms with Crippen LogP contribution in [-0.2, 0) is 0 Å². The van der Waals surface area contributed by atoms with Crippen LogP contribution in [0.2, 0.25) is 0 Å². The minimum absolute atomic E-state index is 0.214. The van der Waals surface area contributed by atoms with Crippen molar-refractivity contribution in [1.29, 1.82) is 0 Å². The summed E-state index contributed by atoms with van der Waals surface area (Å²) in [7, 11) is 0. The fraction of sp³-hybridized carbons (Fsp3) is 1.00. The lowest BCUT2D eigenvalue weighted by atomic mass is 10.5. The number of nitrogens with two attached hydrogens (primary N) is 1. The summed E-state index contributed by atoms with van der Waals surface area (Å²) in [5.74, 6) is 0. The molecule has 0 spiro atoms. The predicted molar refractivity (Wildman–Crippen MR) is 46.2 cm³/mol. The highest BCUT2D eigenvalue weighted by Crippen LogP contribution is 1.83. The quantitative estimate of drug-likeness (QED) is 0.252. The second kappa shape index (κ2) is 5.94. The first-order valence-corrected chi connectivity index (χ1v) is 3.76. The molecule has 0 aromatic rings. The van der Waals surface area contributed by atoms with Crippen LogP contribution in [0.25, 0.3) is 0 Å². The van der Waals surface area contributed by atoms with Crippen molar-refractivity contribution in [3.05, 3.63) is 0 Å². The van der Waals surface area contributed by atoms with Crippen molar-refractivity contribution in [1.82, 2.24) is 15.2 Å². The molecule has 0 aromatic heterocycles. The summed E-state index contributed by atoms with van der Waals surface area (Å²) in [5.41, 5.74) is 8.27. The van der Waals surface area contributed by atoms with Gasteiger partial charge < -0.3 is 11.1 Å². The lowest BCUT2D eigenvalue weighted by Crippen LogP contribution is -2.47. The topological polar surface area (TPSA) is 53.3 Å². The van der Waals surface area contributed by atoms with Crippen LogP contribution in [0.4, 0.5) is 0 Å². The fourth-order valence-corrected chi connectivity index (χ4v) is 0.801. The number of thiol groups is 1. The Hall–Kier alpha value is 0.190. The highest BCUT2D eigenvalue weighted by molar-refractivity contribution is 7.77. The Morgan fingerprint density at radius 1 is 1.70 bits per heavy atom. The Bertz CT molecular complexity index is 80.0. The first-order chi connectivity index (χ1) is 4.70. The van der Waals surface area contributed by atoms with Crippen LogP contribution >= 0.6 is 12.8 Å². The summed E-state index contributed by atoms with van der Waals surface area (Å²) in [6.45, 7) is 5.37. The first-order valence-electron chi connectivity index (χ1n) is 3.36. The molecule has 4 nitrogen and oxygen atoms in total. The molecule has 62 valence electrons. The Morgan fingerprint density at radius 3 is 2.70 bits per heavy atom. The molecule has 0 aliphatic carbocycles. The third-order valence-corrected chi connectivity index (χ3v) is 1.30. The molecular formula is C5H16N4S.